The number of carbonyl (C=O) groups excluding carboxylic acids is 1. The Hall–Kier alpha value is -1.65. The van der Waals surface area contributed by atoms with Gasteiger partial charge in [-0.15, -0.1) is 0 Å². The van der Waals surface area contributed by atoms with E-state index in [9.17, 15) is 4.79 Å². The quantitative estimate of drug-likeness (QED) is 0.771. The van der Waals surface area contributed by atoms with Crippen LogP contribution in [0, 0.1) is 0 Å². The lowest BCUT2D eigenvalue weighted by Gasteiger charge is -2.32. The fourth-order valence-electron chi connectivity index (χ4n) is 2.18. The second kappa shape index (κ2) is 5.33. The normalized spacial score (nSPS) is 21.4. The van der Waals surface area contributed by atoms with Gasteiger partial charge in [0.15, 0.2) is 5.69 Å². The van der Waals surface area contributed by atoms with Crippen molar-refractivity contribution in [3.05, 3.63) is 35.9 Å². The molecule has 1 unspecified atom stereocenters. The highest BCUT2D eigenvalue weighted by Crippen LogP contribution is 2.33. The predicted molar refractivity (Wildman–Crippen MR) is 70.8 cm³/mol. The summed E-state index contributed by atoms with van der Waals surface area (Å²) in [5.41, 5.74) is 1.82. The molecule has 0 aliphatic carbocycles. The maximum absolute atomic E-state index is 12.3. The van der Waals surface area contributed by atoms with Crippen LogP contribution in [0.1, 0.15) is 19.4 Å². The van der Waals surface area contributed by atoms with Gasteiger partial charge >= 0.3 is 6.09 Å². The summed E-state index contributed by atoms with van der Waals surface area (Å²) in [4.78, 5) is 18.0. The van der Waals surface area contributed by atoms with Crippen molar-refractivity contribution < 1.29 is 14.4 Å². The minimum atomic E-state index is -0.365. The van der Waals surface area contributed by atoms with Gasteiger partial charge in [0.25, 0.3) is 0 Å². The van der Waals surface area contributed by atoms with Crippen molar-refractivity contribution in [2.75, 3.05) is 19.8 Å². The Morgan fingerprint density at radius 3 is 2.78 bits per heavy atom. The molecule has 1 aromatic rings. The minimum absolute atomic E-state index is 0.211. The van der Waals surface area contributed by atoms with Gasteiger partial charge in [0.1, 0.15) is 13.2 Å². The van der Waals surface area contributed by atoms with Crippen LogP contribution in [0.15, 0.2) is 30.3 Å². The van der Waals surface area contributed by atoms with Crippen LogP contribution < -0.4 is 4.65 Å². The molecule has 1 amide bonds. The standard InChI is InChI=1S/C14H18NO3/c1-3-17-14(16)15(18-4-2)11-7-9-12-8-5-6-10-13(12)15/h5-10H,3-4,11H2,1-2H3/q+1. The largest absolute Gasteiger partial charge is 0.555 e. The second-order valence-corrected chi connectivity index (χ2v) is 4.00. The van der Waals surface area contributed by atoms with Gasteiger partial charge < -0.3 is 4.74 Å². The molecule has 4 heteroatoms. The Balaban J connectivity index is 2.48. The van der Waals surface area contributed by atoms with E-state index in [4.69, 9.17) is 9.57 Å². The van der Waals surface area contributed by atoms with E-state index in [0.29, 0.717) is 19.8 Å². The predicted octanol–water partition coefficient (Wildman–Crippen LogP) is 3.13. The van der Waals surface area contributed by atoms with Gasteiger partial charge in [-0.1, -0.05) is 12.1 Å². The summed E-state index contributed by atoms with van der Waals surface area (Å²) in [6, 6.07) is 7.73. The average Bonchev–Trinajstić information content (AvgIpc) is 2.39. The lowest BCUT2D eigenvalue weighted by Crippen LogP contribution is -2.55. The zero-order valence-electron chi connectivity index (χ0n) is 10.8. The molecule has 1 aromatic carbocycles. The number of amides is 1. The molecule has 0 spiro atoms. The molecular formula is C14H18NO3+. The first kappa shape index (κ1) is 12.8. The third-order valence-electron chi connectivity index (χ3n) is 2.90. The third-order valence-corrected chi connectivity index (χ3v) is 2.90. The second-order valence-electron chi connectivity index (χ2n) is 4.00. The number of hydrogen-bond acceptors (Lipinski definition) is 3. The Bertz CT molecular complexity index is 470. The van der Waals surface area contributed by atoms with Gasteiger partial charge in [-0.05, 0) is 36.7 Å². The van der Waals surface area contributed by atoms with Crippen LogP contribution in [0.2, 0.25) is 0 Å². The number of fused-ring (bicyclic) bond motifs is 1. The van der Waals surface area contributed by atoms with Crippen molar-refractivity contribution in [2.24, 2.45) is 0 Å². The molecule has 0 bridgehead atoms. The molecule has 96 valence electrons. The summed E-state index contributed by atoms with van der Waals surface area (Å²) < 4.78 is 4.96. The SMILES string of the molecule is CCOC(=O)[N+]1(OCC)CC=Cc2ccccc21. The van der Waals surface area contributed by atoms with Crippen molar-refractivity contribution in [1.82, 2.24) is 4.65 Å². The topological polar surface area (TPSA) is 35.5 Å². The van der Waals surface area contributed by atoms with E-state index in [1.807, 2.05) is 43.3 Å². The molecule has 1 aliphatic rings. The Morgan fingerprint density at radius 2 is 2.06 bits per heavy atom. The fraction of sp³-hybridized carbons (Fsp3) is 0.357. The van der Waals surface area contributed by atoms with Crippen LogP contribution in [0.3, 0.4) is 0 Å². The van der Waals surface area contributed by atoms with Crippen LogP contribution in [-0.2, 0) is 9.57 Å². The van der Waals surface area contributed by atoms with Crippen molar-refractivity contribution in [3.63, 3.8) is 0 Å². The molecule has 1 heterocycles. The minimum Gasteiger partial charge on any atom is -0.418 e. The molecule has 4 nitrogen and oxygen atoms in total. The summed E-state index contributed by atoms with van der Waals surface area (Å²) in [7, 11) is 0. The highest BCUT2D eigenvalue weighted by molar-refractivity contribution is 5.86. The number of benzene rings is 1. The molecule has 1 atom stereocenters. The maximum atomic E-state index is 12.3. The Labute approximate surface area is 107 Å². The number of ether oxygens (including phenoxy) is 1. The van der Waals surface area contributed by atoms with Crippen LogP contribution in [-0.4, -0.2) is 25.9 Å². The number of nitrogens with zero attached hydrogens (tertiary/aromatic N) is 1. The number of quaternary nitrogens is 1. The zero-order valence-corrected chi connectivity index (χ0v) is 10.8. The average molecular weight is 248 g/mol. The van der Waals surface area contributed by atoms with E-state index in [0.717, 1.165) is 11.3 Å². The van der Waals surface area contributed by atoms with Crippen molar-refractivity contribution in [1.29, 1.82) is 0 Å². The van der Waals surface area contributed by atoms with Crippen molar-refractivity contribution in [2.45, 2.75) is 13.8 Å². The summed E-state index contributed by atoms with van der Waals surface area (Å²) in [5.74, 6) is 0. The number of rotatable bonds is 3. The highest BCUT2D eigenvalue weighted by atomic mass is 16.8. The van der Waals surface area contributed by atoms with Crippen LogP contribution >= 0.6 is 0 Å². The van der Waals surface area contributed by atoms with Crippen molar-refractivity contribution in [3.8, 4) is 0 Å². The first-order valence-electron chi connectivity index (χ1n) is 6.20. The van der Waals surface area contributed by atoms with Crippen LogP contribution in [0.4, 0.5) is 10.5 Å². The number of hydroxylamine groups is 2. The van der Waals surface area contributed by atoms with Gasteiger partial charge in [0.05, 0.1) is 6.61 Å². The molecule has 0 aromatic heterocycles. The highest BCUT2D eigenvalue weighted by Gasteiger charge is 2.45. The van der Waals surface area contributed by atoms with Crippen LogP contribution in [0.5, 0.6) is 0 Å². The van der Waals surface area contributed by atoms with Gasteiger partial charge in [0, 0.05) is 11.6 Å². The molecule has 2 rings (SSSR count). The zero-order chi connectivity index (χ0) is 13.0. The van der Waals surface area contributed by atoms with E-state index in [2.05, 4.69) is 0 Å². The molecule has 0 fully saturated rings. The first-order valence-corrected chi connectivity index (χ1v) is 6.20. The van der Waals surface area contributed by atoms with E-state index >= 15 is 0 Å². The van der Waals surface area contributed by atoms with E-state index in [1.54, 1.807) is 6.92 Å². The summed E-state index contributed by atoms with van der Waals surface area (Å²) in [6.45, 7) is 4.93. The van der Waals surface area contributed by atoms with Gasteiger partial charge in [-0.25, -0.2) is 0 Å². The number of para-hydroxylation sites is 1. The van der Waals surface area contributed by atoms with E-state index < -0.39 is 0 Å². The molecule has 0 N–H and O–H groups in total. The summed E-state index contributed by atoms with van der Waals surface area (Å²) >= 11 is 0. The molecule has 0 saturated heterocycles. The number of carbonyl (C=O) groups is 1. The van der Waals surface area contributed by atoms with Gasteiger partial charge in [0.2, 0.25) is 0 Å². The molecule has 1 aliphatic heterocycles. The lowest BCUT2D eigenvalue weighted by molar-refractivity contribution is -0.116. The van der Waals surface area contributed by atoms with Gasteiger partial charge in [-0.2, -0.15) is 9.63 Å². The van der Waals surface area contributed by atoms with E-state index in [1.165, 1.54) is 0 Å². The lowest BCUT2D eigenvalue weighted by atomic mass is 10.1. The molecule has 0 radical (unpaired) electrons. The number of hydrogen-bond donors (Lipinski definition) is 0. The molecular weight excluding hydrogens is 230 g/mol. The van der Waals surface area contributed by atoms with Crippen LogP contribution in [0.25, 0.3) is 6.08 Å². The van der Waals surface area contributed by atoms with E-state index in [-0.39, 0.29) is 10.7 Å². The van der Waals surface area contributed by atoms with Crippen molar-refractivity contribution >= 4 is 17.9 Å². The monoisotopic (exact) mass is 248 g/mol. The maximum Gasteiger partial charge on any atom is 0.555 e. The smallest absolute Gasteiger partial charge is 0.418 e. The Kier molecular flexibility index (Phi) is 3.79. The fourth-order valence-corrected chi connectivity index (χ4v) is 2.18. The molecule has 0 saturated carbocycles. The van der Waals surface area contributed by atoms with Gasteiger partial charge in [-0.3, -0.25) is 0 Å². The third kappa shape index (κ3) is 2.05. The molecule has 18 heavy (non-hydrogen) atoms. The first-order chi connectivity index (χ1) is 8.74. The summed E-state index contributed by atoms with van der Waals surface area (Å²) in [5, 5.41) is 0. The summed E-state index contributed by atoms with van der Waals surface area (Å²) in [6.07, 6.45) is 3.58. The Morgan fingerprint density at radius 1 is 1.28 bits per heavy atom.